The average Bonchev–Trinajstić information content (AvgIpc) is 2.34. The van der Waals surface area contributed by atoms with Gasteiger partial charge in [-0.2, -0.15) is 0 Å². The van der Waals surface area contributed by atoms with Crippen molar-refractivity contribution in [3.8, 4) is 0 Å². The van der Waals surface area contributed by atoms with E-state index in [0.717, 1.165) is 5.69 Å². The number of aromatic nitrogens is 2. The number of nitrogens with zero attached hydrogens (tertiary/aromatic N) is 1. The van der Waals surface area contributed by atoms with Crippen LogP contribution >= 0.6 is 11.6 Å². The van der Waals surface area contributed by atoms with Gasteiger partial charge in [-0.3, -0.25) is 0 Å². The van der Waals surface area contributed by atoms with Crippen molar-refractivity contribution < 1.29 is 0 Å². The first-order valence-corrected chi connectivity index (χ1v) is 4.41. The van der Waals surface area contributed by atoms with Crippen molar-refractivity contribution >= 4 is 11.6 Å². The van der Waals surface area contributed by atoms with Crippen LogP contribution in [0.25, 0.3) is 0 Å². The second-order valence-electron chi connectivity index (χ2n) is 4.22. The highest BCUT2D eigenvalue weighted by Gasteiger charge is 2.38. The molecule has 0 amide bonds. The Bertz CT molecular complexity index is 244. The maximum Gasteiger partial charge on any atom is 0.0922 e. The van der Waals surface area contributed by atoms with Crippen molar-refractivity contribution in [2.24, 2.45) is 5.41 Å². The number of aromatic amines is 1. The third-order valence-corrected chi connectivity index (χ3v) is 3.18. The van der Waals surface area contributed by atoms with Gasteiger partial charge in [0.2, 0.25) is 0 Å². The molecule has 1 aromatic heterocycles. The van der Waals surface area contributed by atoms with Crippen LogP contribution in [0.3, 0.4) is 0 Å². The first-order valence-electron chi connectivity index (χ1n) is 4.03. The summed E-state index contributed by atoms with van der Waals surface area (Å²) >= 11 is 6.41. The lowest BCUT2D eigenvalue weighted by Crippen LogP contribution is -2.31. The number of hydrogen-bond donors (Lipinski definition) is 1. The maximum absolute atomic E-state index is 6.41. The first-order chi connectivity index (χ1) is 5.36. The Hall–Kier alpha value is -0.500. The monoisotopic (exact) mass is 186 g/mol. The molecule has 0 fully saturated rings. The lowest BCUT2D eigenvalue weighted by Gasteiger charge is -2.35. The average molecular weight is 187 g/mol. The molecule has 1 heterocycles. The van der Waals surface area contributed by atoms with Crippen molar-refractivity contribution in [1.82, 2.24) is 9.97 Å². The highest BCUT2D eigenvalue weighted by molar-refractivity contribution is 6.24. The number of rotatable bonds is 1. The van der Waals surface area contributed by atoms with E-state index in [1.807, 2.05) is 6.92 Å². The van der Waals surface area contributed by atoms with E-state index < -0.39 is 0 Å². The molecule has 3 heteroatoms. The van der Waals surface area contributed by atoms with Crippen LogP contribution in [0.4, 0.5) is 0 Å². The Balaban J connectivity index is 3.02. The second kappa shape index (κ2) is 2.77. The largest absolute Gasteiger partial charge is 0.347 e. The molecule has 0 saturated heterocycles. The summed E-state index contributed by atoms with van der Waals surface area (Å²) in [6, 6.07) is 0. The molecule has 2 nitrogen and oxygen atoms in total. The fourth-order valence-corrected chi connectivity index (χ4v) is 1.02. The zero-order valence-electron chi connectivity index (χ0n) is 7.98. The summed E-state index contributed by atoms with van der Waals surface area (Å²) in [5.41, 5.74) is 0.984. The Morgan fingerprint density at radius 1 is 1.33 bits per heavy atom. The number of imidazole rings is 1. The highest BCUT2D eigenvalue weighted by atomic mass is 35.5. The van der Waals surface area contributed by atoms with Gasteiger partial charge in [-0.1, -0.05) is 20.8 Å². The molecule has 0 aliphatic heterocycles. The third kappa shape index (κ3) is 1.48. The number of halogens is 1. The highest BCUT2D eigenvalue weighted by Crippen LogP contribution is 2.43. The Kier molecular flexibility index (Phi) is 2.21. The van der Waals surface area contributed by atoms with Gasteiger partial charge in [0, 0.05) is 6.20 Å². The summed E-state index contributed by atoms with van der Waals surface area (Å²) in [5.74, 6) is 0. The van der Waals surface area contributed by atoms with E-state index in [1.165, 1.54) is 0 Å². The fraction of sp³-hybridized carbons (Fsp3) is 0.667. The topological polar surface area (TPSA) is 28.7 Å². The van der Waals surface area contributed by atoms with Gasteiger partial charge in [-0.15, -0.1) is 11.6 Å². The van der Waals surface area contributed by atoms with Gasteiger partial charge in [-0.05, 0) is 12.3 Å². The molecule has 1 atom stereocenters. The quantitative estimate of drug-likeness (QED) is 0.672. The standard InChI is InChI=1S/C9H15ClN2/c1-8(2,3)9(4,10)7-5-11-6-12-7/h5-6H,1-4H3,(H,11,12). The molecule has 0 spiro atoms. The molecule has 0 bridgehead atoms. The van der Waals surface area contributed by atoms with E-state index >= 15 is 0 Å². The normalized spacial score (nSPS) is 17.4. The minimum atomic E-state index is -0.385. The predicted molar refractivity (Wildman–Crippen MR) is 51.2 cm³/mol. The van der Waals surface area contributed by atoms with Gasteiger partial charge in [0.05, 0.1) is 16.9 Å². The predicted octanol–water partition coefficient (Wildman–Crippen LogP) is 2.91. The number of alkyl halides is 1. The van der Waals surface area contributed by atoms with E-state index in [2.05, 4.69) is 30.7 Å². The molecule has 12 heavy (non-hydrogen) atoms. The summed E-state index contributed by atoms with van der Waals surface area (Å²) in [6.45, 7) is 8.34. The molecule has 1 N–H and O–H groups in total. The molecule has 0 aliphatic rings. The van der Waals surface area contributed by atoms with E-state index in [-0.39, 0.29) is 10.3 Å². The van der Waals surface area contributed by atoms with Crippen molar-refractivity contribution in [3.05, 3.63) is 18.2 Å². The van der Waals surface area contributed by atoms with Crippen LogP contribution in [0, 0.1) is 5.41 Å². The van der Waals surface area contributed by atoms with Crippen molar-refractivity contribution in [3.63, 3.8) is 0 Å². The van der Waals surface area contributed by atoms with Gasteiger partial charge < -0.3 is 4.98 Å². The Morgan fingerprint density at radius 3 is 2.25 bits per heavy atom. The molecule has 68 valence electrons. The molecule has 0 saturated carbocycles. The summed E-state index contributed by atoms with van der Waals surface area (Å²) in [6.07, 6.45) is 3.43. The van der Waals surface area contributed by atoms with E-state index in [0.29, 0.717) is 0 Å². The summed E-state index contributed by atoms with van der Waals surface area (Å²) in [7, 11) is 0. The zero-order chi connectivity index (χ0) is 9.41. The van der Waals surface area contributed by atoms with E-state index in [4.69, 9.17) is 11.6 Å². The van der Waals surface area contributed by atoms with Crippen molar-refractivity contribution in [1.29, 1.82) is 0 Å². The fourth-order valence-electron chi connectivity index (χ4n) is 0.917. The molecule has 1 unspecified atom stereocenters. The van der Waals surface area contributed by atoms with Crippen LogP contribution in [0.5, 0.6) is 0 Å². The van der Waals surface area contributed by atoms with Gasteiger partial charge in [0.1, 0.15) is 0 Å². The minimum absolute atomic E-state index is 0.0150. The Labute approximate surface area is 78.4 Å². The van der Waals surface area contributed by atoms with Gasteiger partial charge in [0.25, 0.3) is 0 Å². The molecule has 1 rings (SSSR count). The van der Waals surface area contributed by atoms with E-state index in [9.17, 15) is 0 Å². The van der Waals surface area contributed by atoms with Gasteiger partial charge >= 0.3 is 0 Å². The lowest BCUT2D eigenvalue weighted by molar-refractivity contribution is 0.291. The smallest absolute Gasteiger partial charge is 0.0922 e. The number of nitrogens with one attached hydrogen (secondary N) is 1. The molecule has 1 aromatic rings. The molecule has 0 radical (unpaired) electrons. The second-order valence-corrected chi connectivity index (χ2v) is 4.97. The van der Waals surface area contributed by atoms with Crippen molar-refractivity contribution in [2.45, 2.75) is 32.6 Å². The van der Waals surface area contributed by atoms with Crippen LogP contribution in [-0.2, 0) is 4.87 Å². The molecule has 0 aromatic carbocycles. The molecule has 0 aliphatic carbocycles. The summed E-state index contributed by atoms with van der Waals surface area (Å²) in [4.78, 5) is 6.62. The minimum Gasteiger partial charge on any atom is -0.347 e. The van der Waals surface area contributed by atoms with Crippen molar-refractivity contribution in [2.75, 3.05) is 0 Å². The number of H-pyrrole nitrogens is 1. The van der Waals surface area contributed by atoms with Crippen LogP contribution in [0.2, 0.25) is 0 Å². The van der Waals surface area contributed by atoms with Gasteiger partial charge in [0.15, 0.2) is 0 Å². The zero-order valence-corrected chi connectivity index (χ0v) is 8.74. The summed E-state index contributed by atoms with van der Waals surface area (Å²) in [5, 5.41) is 0. The van der Waals surface area contributed by atoms with Crippen LogP contribution < -0.4 is 0 Å². The van der Waals surface area contributed by atoms with Gasteiger partial charge in [-0.25, -0.2) is 4.98 Å². The van der Waals surface area contributed by atoms with Crippen LogP contribution in [0.15, 0.2) is 12.5 Å². The van der Waals surface area contributed by atoms with Crippen LogP contribution in [0.1, 0.15) is 33.4 Å². The molecular weight excluding hydrogens is 172 g/mol. The lowest BCUT2D eigenvalue weighted by atomic mass is 9.79. The summed E-state index contributed by atoms with van der Waals surface area (Å²) < 4.78 is 0. The van der Waals surface area contributed by atoms with Crippen LogP contribution in [-0.4, -0.2) is 9.97 Å². The SMILES string of the molecule is CC(C)(C)C(C)(Cl)c1cnc[nH]1. The van der Waals surface area contributed by atoms with E-state index in [1.54, 1.807) is 12.5 Å². The first kappa shape index (κ1) is 9.59. The Morgan fingerprint density at radius 2 is 1.92 bits per heavy atom. The third-order valence-electron chi connectivity index (χ3n) is 2.41. The molecular formula is C9H15ClN2. The number of hydrogen-bond acceptors (Lipinski definition) is 1. The maximum atomic E-state index is 6.41.